The van der Waals surface area contributed by atoms with E-state index in [9.17, 15) is 0 Å². The number of carbonyl (C=O) groups is 1. The Balaban J connectivity index is 0.000000506. The van der Waals surface area contributed by atoms with Gasteiger partial charge in [-0.1, -0.05) is 52.2 Å². The molecule has 3 rings (SSSR count). The SMILES string of the molecule is C=C(/C(C)=C/c1cnc(Nc2ccc(CC)cn2)nc1C)N(C)C.CC1CCCC1.CC=O. The third kappa shape index (κ3) is 10.4. The van der Waals surface area contributed by atoms with Crippen LogP contribution in [0.4, 0.5) is 11.8 Å². The second kappa shape index (κ2) is 14.9. The molecule has 2 aromatic rings. The normalized spacial score (nSPS) is 13.2. The Kier molecular flexibility index (Phi) is 12.7. The number of hydrogen-bond acceptors (Lipinski definition) is 6. The molecule has 0 aromatic carbocycles. The minimum atomic E-state index is 0.547. The number of allylic oxidation sites excluding steroid dienone is 1. The molecule has 0 radical (unpaired) electrons. The van der Waals surface area contributed by atoms with Crippen molar-refractivity contribution in [2.75, 3.05) is 19.4 Å². The molecule has 6 nitrogen and oxygen atoms in total. The quantitative estimate of drug-likeness (QED) is 0.407. The van der Waals surface area contributed by atoms with Crippen LogP contribution in [0.1, 0.15) is 70.2 Å². The Bertz CT molecular complexity index is 897. The number of aryl methyl sites for hydroxylation is 2. The van der Waals surface area contributed by atoms with Crippen molar-refractivity contribution in [1.29, 1.82) is 0 Å². The van der Waals surface area contributed by atoms with Gasteiger partial charge < -0.3 is 15.0 Å². The maximum absolute atomic E-state index is 8.81. The van der Waals surface area contributed by atoms with Gasteiger partial charge in [0.1, 0.15) is 12.1 Å². The van der Waals surface area contributed by atoms with E-state index in [1.165, 1.54) is 38.2 Å². The smallest absolute Gasteiger partial charge is 0.228 e. The maximum atomic E-state index is 8.81. The van der Waals surface area contributed by atoms with Crippen molar-refractivity contribution in [3.8, 4) is 0 Å². The van der Waals surface area contributed by atoms with Gasteiger partial charge in [-0.25, -0.2) is 15.0 Å². The standard InChI is InChI=1S/C19H25N5.C6H12.C2H4O/c1-7-16-8-9-18(20-11-16)23-19-21-12-17(14(3)22-19)10-13(2)15(4)24(5)6;1-6-4-2-3-5-6;1-2-3/h8-12H,4,7H2,1-3,5-6H3,(H,20,21,22,23);6H,2-5H2,1H3;2H,1H3/b13-10+;;. The molecular weight excluding hydrogens is 410 g/mol. The molecular formula is C27H41N5O. The fourth-order valence-electron chi connectivity index (χ4n) is 3.30. The summed E-state index contributed by atoms with van der Waals surface area (Å²) >= 11 is 0. The highest BCUT2D eigenvalue weighted by Gasteiger charge is 2.07. The van der Waals surface area contributed by atoms with E-state index in [0.29, 0.717) is 5.95 Å². The van der Waals surface area contributed by atoms with Crippen molar-refractivity contribution in [2.24, 2.45) is 5.92 Å². The van der Waals surface area contributed by atoms with Crippen LogP contribution in [0.2, 0.25) is 0 Å². The first-order valence-corrected chi connectivity index (χ1v) is 11.7. The first-order chi connectivity index (χ1) is 15.7. The van der Waals surface area contributed by atoms with Crippen molar-refractivity contribution < 1.29 is 4.79 Å². The van der Waals surface area contributed by atoms with Gasteiger partial charge in [0.15, 0.2) is 0 Å². The number of aromatic nitrogens is 3. The van der Waals surface area contributed by atoms with Crippen LogP contribution in [0.3, 0.4) is 0 Å². The summed E-state index contributed by atoms with van der Waals surface area (Å²) in [5.74, 6) is 2.34. The Hall–Kier alpha value is -3.02. The first-order valence-electron chi connectivity index (χ1n) is 11.7. The fraction of sp³-hybridized carbons (Fsp3) is 0.481. The van der Waals surface area contributed by atoms with Gasteiger partial charge in [0.2, 0.25) is 5.95 Å². The van der Waals surface area contributed by atoms with Crippen molar-refractivity contribution in [3.05, 3.63) is 59.2 Å². The molecule has 0 atom stereocenters. The highest BCUT2D eigenvalue weighted by molar-refractivity contribution is 5.59. The van der Waals surface area contributed by atoms with Crippen LogP contribution in [0.15, 0.2) is 42.4 Å². The lowest BCUT2D eigenvalue weighted by Gasteiger charge is -2.16. The minimum absolute atomic E-state index is 0.547. The van der Waals surface area contributed by atoms with Crippen LogP contribution in [-0.2, 0) is 11.2 Å². The lowest BCUT2D eigenvalue weighted by atomic mass is 10.1. The number of nitrogens with one attached hydrogen (secondary N) is 1. The van der Waals surface area contributed by atoms with Gasteiger partial charge in [0, 0.05) is 37.7 Å². The molecule has 2 heterocycles. The molecule has 1 saturated carbocycles. The third-order valence-corrected chi connectivity index (χ3v) is 5.50. The van der Waals surface area contributed by atoms with Crippen molar-refractivity contribution >= 4 is 24.1 Å². The van der Waals surface area contributed by atoms with Gasteiger partial charge in [0.25, 0.3) is 0 Å². The zero-order valence-corrected chi connectivity index (χ0v) is 21.5. The molecule has 1 aliphatic carbocycles. The first kappa shape index (κ1) is 28.0. The van der Waals surface area contributed by atoms with E-state index in [4.69, 9.17) is 4.79 Å². The van der Waals surface area contributed by atoms with Gasteiger partial charge in [-0.2, -0.15) is 0 Å². The number of nitrogens with zero attached hydrogens (tertiary/aromatic N) is 4. The molecule has 0 spiro atoms. The third-order valence-electron chi connectivity index (χ3n) is 5.50. The Morgan fingerprint density at radius 3 is 2.27 bits per heavy atom. The van der Waals surface area contributed by atoms with Gasteiger partial charge >= 0.3 is 0 Å². The average Bonchev–Trinajstić information content (AvgIpc) is 3.27. The fourth-order valence-corrected chi connectivity index (χ4v) is 3.30. The zero-order valence-electron chi connectivity index (χ0n) is 21.5. The number of carbonyl (C=O) groups excluding carboxylic acids is 1. The Morgan fingerprint density at radius 1 is 1.21 bits per heavy atom. The van der Waals surface area contributed by atoms with Crippen molar-refractivity contribution in [3.63, 3.8) is 0 Å². The van der Waals surface area contributed by atoms with E-state index in [0.717, 1.165) is 47.0 Å². The van der Waals surface area contributed by atoms with Crippen molar-refractivity contribution in [1.82, 2.24) is 19.9 Å². The second-order valence-corrected chi connectivity index (χ2v) is 8.56. The van der Waals surface area contributed by atoms with E-state index in [2.05, 4.69) is 52.8 Å². The van der Waals surface area contributed by atoms with E-state index >= 15 is 0 Å². The minimum Gasteiger partial charge on any atom is -0.378 e. The maximum Gasteiger partial charge on any atom is 0.228 e. The Labute approximate surface area is 200 Å². The molecule has 0 bridgehead atoms. The summed E-state index contributed by atoms with van der Waals surface area (Å²) in [4.78, 5) is 24.1. The lowest BCUT2D eigenvalue weighted by molar-refractivity contribution is -0.106. The monoisotopic (exact) mass is 451 g/mol. The molecule has 180 valence electrons. The number of likely N-dealkylation sites (N-methyl/N-ethyl adjacent to an activating group) is 1. The molecule has 0 unspecified atom stereocenters. The zero-order chi connectivity index (χ0) is 24.8. The largest absolute Gasteiger partial charge is 0.378 e. The molecule has 0 amide bonds. The summed E-state index contributed by atoms with van der Waals surface area (Å²) in [6, 6.07) is 3.99. The van der Waals surface area contributed by atoms with Crippen LogP contribution in [-0.4, -0.2) is 40.2 Å². The molecule has 2 aromatic heterocycles. The number of anilines is 2. The predicted molar refractivity (Wildman–Crippen MR) is 140 cm³/mol. The number of rotatable bonds is 6. The lowest BCUT2D eigenvalue weighted by Crippen LogP contribution is -2.10. The van der Waals surface area contributed by atoms with Crippen LogP contribution in [0.5, 0.6) is 0 Å². The molecule has 1 N–H and O–H groups in total. The second-order valence-electron chi connectivity index (χ2n) is 8.56. The van der Waals surface area contributed by atoms with E-state index in [-0.39, 0.29) is 0 Å². The van der Waals surface area contributed by atoms with Crippen LogP contribution < -0.4 is 5.32 Å². The summed E-state index contributed by atoms with van der Waals surface area (Å²) in [5.41, 5.74) is 5.15. The molecule has 1 fully saturated rings. The van der Waals surface area contributed by atoms with Gasteiger partial charge in [-0.05, 0) is 56.4 Å². The van der Waals surface area contributed by atoms with Gasteiger partial charge in [-0.15, -0.1) is 0 Å². The number of aldehydes is 1. The average molecular weight is 452 g/mol. The number of pyridine rings is 1. The van der Waals surface area contributed by atoms with Crippen LogP contribution >= 0.6 is 0 Å². The summed E-state index contributed by atoms with van der Waals surface area (Å²) in [5, 5.41) is 3.14. The summed E-state index contributed by atoms with van der Waals surface area (Å²) in [6.45, 7) is 14.0. The number of hydrogen-bond donors (Lipinski definition) is 1. The van der Waals surface area contributed by atoms with Gasteiger partial charge in [-0.3, -0.25) is 0 Å². The van der Waals surface area contributed by atoms with E-state index < -0.39 is 0 Å². The molecule has 6 heteroatoms. The summed E-state index contributed by atoms with van der Waals surface area (Å²) < 4.78 is 0. The summed E-state index contributed by atoms with van der Waals surface area (Å²) in [6.07, 6.45) is 13.4. The van der Waals surface area contributed by atoms with E-state index in [1.54, 1.807) is 0 Å². The molecule has 1 aliphatic rings. The highest BCUT2D eigenvalue weighted by Crippen LogP contribution is 2.23. The summed E-state index contributed by atoms with van der Waals surface area (Å²) in [7, 11) is 3.96. The van der Waals surface area contributed by atoms with Crippen LogP contribution in [0, 0.1) is 12.8 Å². The van der Waals surface area contributed by atoms with Crippen molar-refractivity contribution in [2.45, 2.75) is 66.7 Å². The predicted octanol–water partition coefficient (Wildman–Crippen LogP) is 6.37. The highest BCUT2D eigenvalue weighted by atomic mass is 16.1. The Morgan fingerprint density at radius 2 is 1.85 bits per heavy atom. The van der Waals surface area contributed by atoms with Gasteiger partial charge in [0.05, 0.1) is 5.69 Å². The molecule has 0 saturated heterocycles. The van der Waals surface area contributed by atoms with E-state index in [1.807, 2.05) is 51.3 Å². The topological polar surface area (TPSA) is 71.0 Å². The molecule has 0 aliphatic heterocycles. The molecule has 33 heavy (non-hydrogen) atoms. The van der Waals surface area contributed by atoms with Crippen LogP contribution in [0.25, 0.3) is 6.08 Å².